The van der Waals surface area contributed by atoms with Gasteiger partial charge >= 0.3 is 0 Å². The molecule has 0 bridgehead atoms. The van der Waals surface area contributed by atoms with Crippen molar-refractivity contribution in [1.82, 2.24) is 0 Å². The molecule has 55 heavy (non-hydrogen) atoms. The van der Waals surface area contributed by atoms with Crippen LogP contribution in [0.5, 0.6) is 0 Å². The number of para-hydroxylation sites is 2. The normalized spacial score (nSPS) is 26.0. The summed E-state index contributed by atoms with van der Waals surface area (Å²) in [4.78, 5) is 5.35. The first-order chi connectivity index (χ1) is 26.5. The fourth-order valence-electron chi connectivity index (χ4n) is 12.3. The molecule has 5 aliphatic rings. The van der Waals surface area contributed by atoms with Crippen molar-refractivity contribution in [3.05, 3.63) is 156 Å². The summed E-state index contributed by atoms with van der Waals surface area (Å²) in [5.74, 6) is 1.02. The summed E-state index contributed by atoms with van der Waals surface area (Å²) in [5.41, 5.74) is 19.9. The lowest BCUT2D eigenvalue weighted by Crippen LogP contribution is -2.50. The van der Waals surface area contributed by atoms with E-state index in [1.165, 1.54) is 104 Å². The molecular formula is C53H52N2. The van der Waals surface area contributed by atoms with Crippen LogP contribution in [0.3, 0.4) is 0 Å². The van der Waals surface area contributed by atoms with Gasteiger partial charge in [-0.3, -0.25) is 0 Å². The summed E-state index contributed by atoms with van der Waals surface area (Å²) in [6.07, 6.45) is 5.95. The quantitative estimate of drug-likeness (QED) is 0.179. The van der Waals surface area contributed by atoms with Crippen LogP contribution >= 0.6 is 0 Å². The van der Waals surface area contributed by atoms with Gasteiger partial charge in [0.05, 0.1) is 11.1 Å². The highest BCUT2D eigenvalue weighted by molar-refractivity contribution is 5.87. The minimum absolute atomic E-state index is 0.0343. The average molecular weight is 717 g/mol. The number of anilines is 4. The van der Waals surface area contributed by atoms with Gasteiger partial charge in [-0.05, 0) is 173 Å². The van der Waals surface area contributed by atoms with E-state index in [2.05, 4.69) is 185 Å². The zero-order chi connectivity index (χ0) is 37.5. The third-order valence-electron chi connectivity index (χ3n) is 16.0. The lowest BCUT2D eigenvalue weighted by Gasteiger charge is -2.47. The highest BCUT2D eigenvalue weighted by atomic mass is 15.3. The first kappa shape index (κ1) is 33.3. The van der Waals surface area contributed by atoms with Gasteiger partial charge in [-0.15, -0.1) is 0 Å². The zero-order valence-electron chi connectivity index (χ0n) is 33.3. The van der Waals surface area contributed by atoms with Gasteiger partial charge in [0, 0.05) is 34.6 Å². The van der Waals surface area contributed by atoms with E-state index in [0.29, 0.717) is 11.8 Å². The van der Waals surface area contributed by atoms with Gasteiger partial charge < -0.3 is 9.80 Å². The maximum Gasteiger partial charge on any atom is 0.0543 e. The van der Waals surface area contributed by atoms with Crippen LogP contribution in [-0.4, -0.2) is 11.1 Å². The predicted molar refractivity (Wildman–Crippen MR) is 231 cm³/mol. The van der Waals surface area contributed by atoms with E-state index in [9.17, 15) is 0 Å². The second-order valence-electron chi connectivity index (χ2n) is 19.1. The van der Waals surface area contributed by atoms with Crippen LogP contribution in [0, 0.1) is 10.8 Å². The number of fused-ring (bicyclic) bond motifs is 9. The molecule has 2 nitrogen and oxygen atoms in total. The standard InChI is InChI=1S/C53H52N2/c1-50(2)27-25-46-44-32-36(21-23-48(44)54(52(46,50)5)40-13-9-7-10-14-40)34-17-19-38-29-39-20-18-35(31-43(39)42(38)30-34)37-22-24-49-45(33-37)47-26-28-51(3,4)53(47,6)55(49)41-15-11-8-12-16-41/h7-24,30-33,46-47H,25-29H2,1-6H3. The summed E-state index contributed by atoms with van der Waals surface area (Å²) in [7, 11) is 0. The van der Waals surface area contributed by atoms with Crippen LogP contribution in [-0.2, 0) is 6.42 Å². The van der Waals surface area contributed by atoms with Crippen molar-refractivity contribution in [2.24, 2.45) is 10.8 Å². The largest absolute Gasteiger partial charge is 0.334 e. The number of nitrogens with zero attached hydrogens (tertiary/aromatic N) is 2. The molecule has 2 aliphatic heterocycles. The van der Waals surface area contributed by atoms with Gasteiger partial charge in [0.25, 0.3) is 0 Å². The molecule has 0 N–H and O–H groups in total. The van der Waals surface area contributed by atoms with Crippen LogP contribution < -0.4 is 9.80 Å². The highest BCUT2D eigenvalue weighted by Gasteiger charge is 2.62. The molecule has 2 fully saturated rings. The van der Waals surface area contributed by atoms with Crippen molar-refractivity contribution in [1.29, 1.82) is 0 Å². The number of hydrogen-bond acceptors (Lipinski definition) is 2. The Bertz CT molecular complexity index is 2350. The molecular weight excluding hydrogens is 665 g/mol. The van der Waals surface area contributed by atoms with Gasteiger partial charge in [-0.1, -0.05) is 100 Å². The Morgan fingerprint density at radius 2 is 0.818 bits per heavy atom. The van der Waals surface area contributed by atoms with Crippen molar-refractivity contribution in [2.45, 2.75) is 96.6 Å². The van der Waals surface area contributed by atoms with Crippen LogP contribution in [0.25, 0.3) is 33.4 Å². The van der Waals surface area contributed by atoms with E-state index in [1.807, 2.05) is 0 Å². The Labute approximate surface area is 327 Å². The fraction of sp³-hybridized carbons (Fsp3) is 0.321. The molecule has 6 aromatic carbocycles. The Balaban J connectivity index is 0.964. The SMILES string of the molecule is CC1(C)CCC2c3cc(-c4ccc5c(c4)-c4cc(-c6ccc7c(c6)C6CCC(C)(C)C6(C)N7c6ccccc6)ccc4C5)ccc3N(c3ccccc3)C21C. The van der Waals surface area contributed by atoms with Gasteiger partial charge in [-0.2, -0.15) is 0 Å². The monoisotopic (exact) mass is 716 g/mol. The first-order valence-corrected chi connectivity index (χ1v) is 20.8. The van der Waals surface area contributed by atoms with Crippen LogP contribution in [0.1, 0.15) is 101 Å². The third kappa shape index (κ3) is 4.37. The van der Waals surface area contributed by atoms with Crippen molar-refractivity contribution < 1.29 is 0 Å². The highest BCUT2D eigenvalue weighted by Crippen LogP contribution is 2.67. The van der Waals surface area contributed by atoms with Crippen LogP contribution in [0.15, 0.2) is 133 Å². The average Bonchev–Trinajstić information content (AvgIpc) is 3.91. The van der Waals surface area contributed by atoms with E-state index < -0.39 is 0 Å². The van der Waals surface area contributed by atoms with E-state index in [4.69, 9.17) is 0 Å². The second-order valence-corrected chi connectivity index (χ2v) is 19.1. The van der Waals surface area contributed by atoms with E-state index in [-0.39, 0.29) is 21.9 Å². The number of hydrogen-bond donors (Lipinski definition) is 0. The lowest BCUT2D eigenvalue weighted by atomic mass is 9.72. The zero-order valence-corrected chi connectivity index (χ0v) is 33.3. The van der Waals surface area contributed by atoms with E-state index in [1.54, 1.807) is 0 Å². The Morgan fingerprint density at radius 1 is 0.436 bits per heavy atom. The van der Waals surface area contributed by atoms with Gasteiger partial charge in [0.1, 0.15) is 0 Å². The summed E-state index contributed by atoms with van der Waals surface area (Å²) in [6, 6.07) is 51.3. The van der Waals surface area contributed by atoms with Crippen molar-refractivity contribution in [2.75, 3.05) is 9.80 Å². The first-order valence-electron chi connectivity index (χ1n) is 20.8. The third-order valence-corrected chi connectivity index (χ3v) is 16.0. The molecule has 6 aromatic rings. The molecule has 274 valence electrons. The molecule has 0 aromatic heterocycles. The molecule has 0 radical (unpaired) electrons. The maximum absolute atomic E-state index is 2.68. The Hall–Kier alpha value is -5.08. The molecule has 4 unspecified atom stereocenters. The Morgan fingerprint density at radius 3 is 1.24 bits per heavy atom. The lowest BCUT2D eigenvalue weighted by molar-refractivity contribution is 0.222. The molecule has 0 spiro atoms. The topological polar surface area (TPSA) is 6.48 Å². The van der Waals surface area contributed by atoms with Gasteiger partial charge in [0.2, 0.25) is 0 Å². The Kier molecular flexibility index (Phi) is 6.81. The van der Waals surface area contributed by atoms with E-state index >= 15 is 0 Å². The summed E-state index contributed by atoms with van der Waals surface area (Å²) < 4.78 is 0. The molecule has 2 heterocycles. The fourth-order valence-corrected chi connectivity index (χ4v) is 12.3. The summed E-state index contributed by atoms with van der Waals surface area (Å²) in [5, 5.41) is 0. The summed E-state index contributed by atoms with van der Waals surface area (Å²) >= 11 is 0. The minimum Gasteiger partial charge on any atom is -0.334 e. The molecule has 3 aliphatic carbocycles. The molecule has 4 atom stereocenters. The van der Waals surface area contributed by atoms with E-state index in [0.717, 1.165) is 6.42 Å². The van der Waals surface area contributed by atoms with Crippen LogP contribution in [0.4, 0.5) is 22.7 Å². The van der Waals surface area contributed by atoms with Crippen LogP contribution in [0.2, 0.25) is 0 Å². The van der Waals surface area contributed by atoms with Crippen molar-refractivity contribution >= 4 is 22.7 Å². The number of benzene rings is 6. The summed E-state index contributed by atoms with van der Waals surface area (Å²) in [6.45, 7) is 15.0. The second kappa shape index (κ2) is 11.3. The molecule has 2 saturated carbocycles. The maximum atomic E-state index is 2.68. The predicted octanol–water partition coefficient (Wildman–Crippen LogP) is 14.2. The van der Waals surface area contributed by atoms with Gasteiger partial charge in [0.15, 0.2) is 0 Å². The smallest absolute Gasteiger partial charge is 0.0543 e. The molecule has 2 heteroatoms. The van der Waals surface area contributed by atoms with Crippen molar-refractivity contribution in [3.8, 4) is 33.4 Å². The molecule has 0 amide bonds. The van der Waals surface area contributed by atoms with Crippen molar-refractivity contribution in [3.63, 3.8) is 0 Å². The number of rotatable bonds is 4. The molecule has 0 saturated heterocycles. The van der Waals surface area contributed by atoms with Gasteiger partial charge in [-0.25, -0.2) is 0 Å². The minimum atomic E-state index is 0.0343. The molecule has 11 rings (SSSR count).